The lowest BCUT2D eigenvalue weighted by Gasteiger charge is -2.26. The number of aryl methyl sites for hydroxylation is 1. The highest BCUT2D eigenvalue weighted by molar-refractivity contribution is 9.10. The minimum absolute atomic E-state index is 0.233. The number of aliphatic carboxylic acids is 1. The summed E-state index contributed by atoms with van der Waals surface area (Å²) in [5.74, 6) is -1.43. The number of ether oxygens (including phenoxy) is 2. The fraction of sp³-hybridized carbons (Fsp3) is 0.625. The van der Waals surface area contributed by atoms with Gasteiger partial charge in [-0.2, -0.15) is 0 Å². The molecule has 1 saturated heterocycles. The Kier molecular flexibility index (Phi) is 4.80. The van der Waals surface area contributed by atoms with Gasteiger partial charge in [-0.25, -0.2) is 0 Å². The van der Waals surface area contributed by atoms with Crippen LogP contribution in [0.3, 0.4) is 0 Å². The van der Waals surface area contributed by atoms with Gasteiger partial charge in [0.05, 0.1) is 17.5 Å². The van der Waals surface area contributed by atoms with Crippen LogP contribution in [0, 0.1) is 0 Å². The van der Waals surface area contributed by atoms with Gasteiger partial charge in [0.15, 0.2) is 6.29 Å². The van der Waals surface area contributed by atoms with Gasteiger partial charge >= 0.3 is 5.97 Å². The molecule has 1 aromatic rings. The van der Waals surface area contributed by atoms with Crippen molar-refractivity contribution < 1.29 is 19.4 Å². The molecule has 0 spiro atoms. The maximum atomic E-state index is 11.5. The molecule has 2 aliphatic rings. The summed E-state index contributed by atoms with van der Waals surface area (Å²) >= 11 is 3.52. The van der Waals surface area contributed by atoms with Gasteiger partial charge < -0.3 is 14.6 Å². The molecule has 0 amide bonds. The lowest BCUT2D eigenvalue weighted by atomic mass is 10.1. The number of rotatable bonds is 4. The number of hydrogen-bond donors (Lipinski definition) is 1. The Morgan fingerprint density at radius 3 is 3.00 bits per heavy atom. The predicted molar refractivity (Wildman–Crippen MR) is 83.7 cm³/mol. The quantitative estimate of drug-likeness (QED) is 0.878. The highest BCUT2D eigenvalue weighted by atomic mass is 79.9. The Morgan fingerprint density at radius 2 is 2.36 bits per heavy atom. The van der Waals surface area contributed by atoms with E-state index < -0.39 is 11.9 Å². The van der Waals surface area contributed by atoms with Crippen molar-refractivity contribution >= 4 is 21.9 Å². The molecule has 1 N–H and O–H groups in total. The van der Waals surface area contributed by atoms with Crippen molar-refractivity contribution in [3.63, 3.8) is 0 Å². The highest BCUT2D eigenvalue weighted by Gasteiger charge is 2.39. The van der Waals surface area contributed by atoms with Crippen molar-refractivity contribution in [3.05, 3.63) is 27.5 Å². The van der Waals surface area contributed by atoms with Crippen LogP contribution in [0.5, 0.6) is 0 Å². The molecule has 1 aliphatic carbocycles. The number of hydrogen-bond acceptors (Lipinski definition) is 4. The minimum Gasteiger partial charge on any atom is -0.481 e. The molecule has 1 fully saturated rings. The third-order valence-corrected chi connectivity index (χ3v) is 5.01. The fourth-order valence-electron chi connectivity index (χ4n) is 3.14. The first-order valence-corrected chi connectivity index (χ1v) is 8.58. The van der Waals surface area contributed by atoms with E-state index in [9.17, 15) is 9.90 Å². The van der Waals surface area contributed by atoms with Crippen LogP contribution < -0.4 is 0 Å². The van der Waals surface area contributed by atoms with Gasteiger partial charge in [0.2, 0.25) is 0 Å². The molecule has 5 nitrogen and oxygen atoms in total. The molecule has 6 heteroatoms. The van der Waals surface area contributed by atoms with E-state index in [-0.39, 0.29) is 12.4 Å². The van der Waals surface area contributed by atoms with Crippen molar-refractivity contribution in [1.82, 2.24) is 4.98 Å². The molecule has 3 atom stereocenters. The zero-order valence-electron chi connectivity index (χ0n) is 12.5. The van der Waals surface area contributed by atoms with Crippen LogP contribution in [0.1, 0.15) is 61.6 Å². The standard InChI is InChI=1S/C16H20BrNO4/c1-2-12-11(17)7-9-13(22-14-5-3-4-6-21-14)8-10(16(19)20)15(9)18-12/h7,10,13-14H,2-6,8H2,1H3,(H,19,20). The van der Waals surface area contributed by atoms with Gasteiger partial charge in [-0.3, -0.25) is 9.78 Å². The summed E-state index contributed by atoms with van der Waals surface area (Å²) in [7, 11) is 0. The Labute approximate surface area is 138 Å². The van der Waals surface area contributed by atoms with Crippen molar-refractivity contribution in [2.24, 2.45) is 0 Å². The third kappa shape index (κ3) is 3.05. The van der Waals surface area contributed by atoms with E-state index in [0.29, 0.717) is 18.7 Å². The van der Waals surface area contributed by atoms with E-state index >= 15 is 0 Å². The molecule has 3 unspecified atom stereocenters. The normalized spacial score (nSPS) is 27.6. The highest BCUT2D eigenvalue weighted by Crippen LogP contribution is 2.44. The summed E-state index contributed by atoms with van der Waals surface area (Å²) in [5, 5.41) is 9.48. The number of carboxylic acid groups (broad SMARTS) is 1. The molecule has 0 radical (unpaired) electrons. The van der Waals surface area contributed by atoms with E-state index in [1.165, 1.54) is 0 Å². The second-order valence-electron chi connectivity index (χ2n) is 5.79. The molecule has 1 aromatic heterocycles. The van der Waals surface area contributed by atoms with Crippen LogP contribution in [0.25, 0.3) is 0 Å². The van der Waals surface area contributed by atoms with E-state index in [2.05, 4.69) is 20.9 Å². The fourth-order valence-corrected chi connectivity index (χ4v) is 3.76. The largest absolute Gasteiger partial charge is 0.481 e. The third-order valence-electron chi connectivity index (χ3n) is 4.32. The summed E-state index contributed by atoms with van der Waals surface area (Å²) < 4.78 is 12.6. The van der Waals surface area contributed by atoms with Crippen LogP contribution in [-0.2, 0) is 20.7 Å². The summed E-state index contributed by atoms with van der Waals surface area (Å²) in [6.07, 6.45) is 3.72. The molecule has 0 aromatic carbocycles. The van der Waals surface area contributed by atoms with Crippen LogP contribution in [0.4, 0.5) is 0 Å². The van der Waals surface area contributed by atoms with Crippen molar-refractivity contribution in [2.75, 3.05) is 6.61 Å². The van der Waals surface area contributed by atoms with Crippen molar-refractivity contribution in [2.45, 2.75) is 57.3 Å². The van der Waals surface area contributed by atoms with Gasteiger partial charge in [-0.15, -0.1) is 0 Å². The van der Waals surface area contributed by atoms with Crippen molar-refractivity contribution in [3.8, 4) is 0 Å². The number of pyridine rings is 1. The van der Waals surface area contributed by atoms with Gasteiger partial charge in [0.25, 0.3) is 0 Å². The molecule has 0 saturated carbocycles. The number of carbonyl (C=O) groups is 1. The van der Waals surface area contributed by atoms with Gasteiger partial charge in [0, 0.05) is 16.6 Å². The molecule has 3 rings (SSSR count). The summed E-state index contributed by atoms with van der Waals surface area (Å²) in [6.45, 7) is 2.72. The predicted octanol–water partition coefficient (Wildman–Crippen LogP) is 3.56. The molecule has 22 heavy (non-hydrogen) atoms. The maximum absolute atomic E-state index is 11.5. The first kappa shape index (κ1) is 15.9. The zero-order valence-corrected chi connectivity index (χ0v) is 14.1. The van der Waals surface area contributed by atoms with Crippen LogP contribution in [-0.4, -0.2) is 29.0 Å². The second-order valence-corrected chi connectivity index (χ2v) is 6.65. The zero-order chi connectivity index (χ0) is 15.7. The molecule has 120 valence electrons. The van der Waals surface area contributed by atoms with E-state index in [1.54, 1.807) is 0 Å². The smallest absolute Gasteiger partial charge is 0.312 e. The number of aromatic nitrogens is 1. The van der Waals surface area contributed by atoms with Gasteiger partial charge in [0.1, 0.15) is 5.92 Å². The molecule has 1 aliphatic heterocycles. The number of fused-ring (bicyclic) bond motifs is 1. The molecule has 2 heterocycles. The first-order chi connectivity index (χ1) is 10.6. The summed E-state index contributed by atoms with van der Waals surface area (Å²) in [4.78, 5) is 16.1. The minimum atomic E-state index is -0.839. The molecular formula is C16H20BrNO4. The second kappa shape index (κ2) is 6.64. The Balaban J connectivity index is 1.88. The van der Waals surface area contributed by atoms with Gasteiger partial charge in [-0.05, 0) is 54.1 Å². The average Bonchev–Trinajstić information content (AvgIpc) is 2.85. The van der Waals surface area contributed by atoms with E-state index in [4.69, 9.17) is 9.47 Å². The topological polar surface area (TPSA) is 68.7 Å². The summed E-state index contributed by atoms with van der Waals surface area (Å²) in [5.41, 5.74) is 2.42. The van der Waals surface area contributed by atoms with Crippen LogP contribution in [0.2, 0.25) is 0 Å². The van der Waals surface area contributed by atoms with Crippen LogP contribution in [0.15, 0.2) is 10.5 Å². The average molecular weight is 370 g/mol. The molecular weight excluding hydrogens is 350 g/mol. The van der Waals surface area contributed by atoms with E-state index in [0.717, 1.165) is 41.4 Å². The summed E-state index contributed by atoms with van der Waals surface area (Å²) in [6, 6.07) is 1.97. The maximum Gasteiger partial charge on any atom is 0.312 e. The first-order valence-electron chi connectivity index (χ1n) is 7.79. The van der Waals surface area contributed by atoms with E-state index in [1.807, 2.05) is 13.0 Å². The molecule has 0 bridgehead atoms. The number of halogens is 1. The monoisotopic (exact) mass is 369 g/mol. The number of nitrogens with zero attached hydrogens (tertiary/aromatic N) is 1. The lowest BCUT2D eigenvalue weighted by molar-refractivity contribution is -0.190. The lowest BCUT2D eigenvalue weighted by Crippen LogP contribution is -2.24. The Hall–Kier alpha value is -0.980. The van der Waals surface area contributed by atoms with Gasteiger partial charge in [-0.1, -0.05) is 6.92 Å². The Bertz CT molecular complexity index is 572. The van der Waals surface area contributed by atoms with Crippen LogP contribution >= 0.6 is 15.9 Å². The number of carboxylic acids is 1. The SMILES string of the molecule is CCc1nc2c(cc1Br)C(OC1CCCCO1)CC2C(=O)O. The van der Waals surface area contributed by atoms with Crippen molar-refractivity contribution in [1.29, 1.82) is 0 Å². The Morgan fingerprint density at radius 1 is 1.55 bits per heavy atom.